The second-order valence-corrected chi connectivity index (χ2v) is 4.75. The third-order valence-corrected chi connectivity index (χ3v) is 2.93. The van der Waals surface area contributed by atoms with Crippen molar-refractivity contribution in [3.63, 3.8) is 0 Å². The van der Waals surface area contributed by atoms with E-state index in [0.29, 0.717) is 18.0 Å². The molecule has 0 aliphatic heterocycles. The van der Waals surface area contributed by atoms with E-state index in [4.69, 9.17) is 9.47 Å². The quantitative estimate of drug-likeness (QED) is 0.825. The molecule has 1 aromatic rings. The Kier molecular flexibility index (Phi) is 6.31. The summed E-state index contributed by atoms with van der Waals surface area (Å²) in [5, 5.41) is 3.25. The number of rotatable bonds is 7. The number of carbonyl (C=O) groups is 1. The van der Waals surface area contributed by atoms with Crippen LogP contribution in [0.15, 0.2) is 18.2 Å². The Morgan fingerprint density at radius 3 is 2.65 bits per heavy atom. The maximum Gasteiger partial charge on any atom is 0.262 e. The highest BCUT2D eigenvalue weighted by Gasteiger charge is 2.18. The van der Waals surface area contributed by atoms with Gasteiger partial charge in [-0.2, -0.15) is 0 Å². The van der Waals surface area contributed by atoms with Gasteiger partial charge in [0.25, 0.3) is 5.91 Å². The largest absolute Gasteiger partial charge is 0.497 e. The number of nitrogens with zero attached hydrogens (tertiary/aromatic N) is 1. The first-order chi connectivity index (χ1) is 9.49. The van der Waals surface area contributed by atoms with Gasteiger partial charge in [0, 0.05) is 32.3 Å². The fourth-order valence-electron chi connectivity index (χ4n) is 1.78. The molecule has 0 aliphatic rings. The number of nitrogens with one attached hydrogen (secondary N) is 1. The number of hydrogen-bond acceptors (Lipinski definition) is 4. The van der Waals surface area contributed by atoms with Crippen molar-refractivity contribution in [1.29, 1.82) is 0 Å². The molecular weight excluding hydrogens is 256 g/mol. The van der Waals surface area contributed by atoms with Gasteiger partial charge in [0.2, 0.25) is 0 Å². The summed E-state index contributed by atoms with van der Waals surface area (Å²) in [6.07, 6.45) is -0.530. The van der Waals surface area contributed by atoms with E-state index in [1.807, 2.05) is 25.1 Å². The lowest BCUT2D eigenvalue weighted by molar-refractivity contribution is -0.135. The normalized spacial score (nSPS) is 11.8. The molecule has 1 rings (SSSR count). The number of ether oxygens (including phenoxy) is 2. The van der Waals surface area contributed by atoms with Crippen LogP contribution in [0.5, 0.6) is 11.5 Å². The number of benzene rings is 1. The van der Waals surface area contributed by atoms with E-state index in [-0.39, 0.29) is 5.91 Å². The molecule has 0 heterocycles. The van der Waals surface area contributed by atoms with Gasteiger partial charge in [-0.05, 0) is 19.5 Å². The maximum absolute atomic E-state index is 11.9. The first-order valence-corrected chi connectivity index (χ1v) is 6.75. The molecule has 5 nitrogen and oxygen atoms in total. The molecule has 0 radical (unpaired) electrons. The van der Waals surface area contributed by atoms with Crippen LogP contribution in [0.25, 0.3) is 0 Å². The van der Waals surface area contributed by atoms with E-state index >= 15 is 0 Å². The number of methoxy groups -OCH3 is 1. The monoisotopic (exact) mass is 280 g/mol. The molecule has 0 bridgehead atoms. The maximum atomic E-state index is 11.9. The summed E-state index contributed by atoms with van der Waals surface area (Å²) in [7, 11) is 5.04. The first-order valence-electron chi connectivity index (χ1n) is 6.75. The minimum atomic E-state index is -0.530. The molecule has 5 heteroatoms. The Morgan fingerprint density at radius 2 is 2.10 bits per heavy atom. The van der Waals surface area contributed by atoms with Crippen molar-refractivity contribution in [2.24, 2.45) is 0 Å². The molecule has 0 aromatic heterocycles. The van der Waals surface area contributed by atoms with Crippen LogP contribution in [0.2, 0.25) is 0 Å². The van der Waals surface area contributed by atoms with Crippen LogP contribution >= 0.6 is 0 Å². The summed E-state index contributed by atoms with van der Waals surface area (Å²) in [6, 6.07) is 5.65. The van der Waals surface area contributed by atoms with Crippen molar-refractivity contribution in [1.82, 2.24) is 10.2 Å². The topological polar surface area (TPSA) is 50.8 Å². The highest BCUT2D eigenvalue weighted by Crippen LogP contribution is 2.26. The molecule has 112 valence electrons. The van der Waals surface area contributed by atoms with Crippen LogP contribution in [0.4, 0.5) is 0 Å². The van der Waals surface area contributed by atoms with Gasteiger partial charge in [0.15, 0.2) is 6.10 Å². The SMILES string of the molecule is CCNCc1ccc(OC)cc1OC(C)C(=O)N(C)C. The fourth-order valence-corrected chi connectivity index (χ4v) is 1.78. The van der Waals surface area contributed by atoms with E-state index < -0.39 is 6.10 Å². The molecule has 0 aliphatic carbocycles. The highest BCUT2D eigenvalue weighted by atomic mass is 16.5. The van der Waals surface area contributed by atoms with Crippen LogP contribution in [-0.2, 0) is 11.3 Å². The molecule has 0 saturated carbocycles. The Hall–Kier alpha value is -1.75. The summed E-state index contributed by atoms with van der Waals surface area (Å²) >= 11 is 0. The van der Waals surface area contributed by atoms with Crippen LogP contribution in [0.3, 0.4) is 0 Å². The van der Waals surface area contributed by atoms with Gasteiger partial charge in [-0.15, -0.1) is 0 Å². The Labute approximate surface area is 120 Å². The molecule has 1 aromatic carbocycles. The minimum Gasteiger partial charge on any atom is -0.497 e. The number of carbonyl (C=O) groups excluding carboxylic acids is 1. The van der Waals surface area contributed by atoms with E-state index in [2.05, 4.69) is 5.32 Å². The van der Waals surface area contributed by atoms with Crippen LogP contribution in [-0.4, -0.2) is 44.7 Å². The third-order valence-electron chi connectivity index (χ3n) is 2.93. The molecule has 20 heavy (non-hydrogen) atoms. The molecule has 1 unspecified atom stereocenters. The molecular formula is C15H24N2O3. The van der Waals surface area contributed by atoms with E-state index in [1.165, 1.54) is 4.90 Å². The third kappa shape index (κ3) is 4.42. The van der Waals surface area contributed by atoms with Gasteiger partial charge in [-0.1, -0.05) is 13.0 Å². The zero-order valence-corrected chi connectivity index (χ0v) is 12.9. The number of amides is 1. The Bertz CT molecular complexity index is 447. The van der Waals surface area contributed by atoms with E-state index in [0.717, 1.165) is 12.1 Å². The fraction of sp³-hybridized carbons (Fsp3) is 0.533. The number of likely N-dealkylation sites (N-methyl/N-ethyl adjacent to an activating group) is 1. The average Bonchev–Trinajstić information content (AvgIpc) is 2.44. The molecule has 1 N–H and O–H groups in total. The van der Waals surface area contributed by atoms with Gasteiger partial charge >= 0.3 is 0 Å². The van der Waals surface area contributed by atoms with Gasteiger partial charge < -0.3 is 19.7 Å². The van der Waals surface area contributed by atoms with Crippen LogP contribution in [0, 0.1) is 0 Å². The first kappa shape index (κ1) is 16.3. The predicted octanol–water partition coefficient (Wildman–Crippen LogP) is 1.66. The average molecular weight is 280 g/mol. The van der Waals surface area contributed by atoms with Gasteiger partial charge in [0.1, 0.15) is 11.5 Å². The zero-order valence-electron chi connectivity index (χ0n) is 12.9. The summed E-state index contributed by atoms with van der Waals surface area (Å²) in [6.45, 7) is 5.36. The van der Waals surface area contributed by atoms with Crippen molar-refractivity contribution >= 4 is 5.91 Å². The van der Waals surface area contributed by atoms with Crippen molar-refractivity contribution in [2.75, 3.05) is 27.7 Å². The second-order valence-electron chi connectivity index (χ2n) is 4.75. The predicted molar refractivity (Wildman–Crippen MR) is 79.2 cm³/mol. The molecule has 1 atom stereocenters. The summed E-state index contributed by atoms with van der Waals surface area (Å²) in [5.74, 6) is 1.32. The van der Waals surface area contributed by atoms with Gasteiger partial charge in [-0.25, -0.2) is 0 Å². The Morgan fingerprint density at radius 1 is 1.40 bits per heavy atom. The summed E-state index contributed by atoms with van der Waals surface area (Å²) < 4.78 is 11.0. The van der Waals surface area contributed by atoms with E-state index in [1.54, 1.807) is 28.1 Å². The van der Waals surface area contributed by atoms with Crippen LogP contribution < -0.4 is 14.8 Å². The molecule has 1 amide bonds. The molecule has 0 fully saturated rings. The van der Waals surface area contributed by atoms with Crippen LogP contribution in [0.1, 0.15) is 19.4 Å². The zero-order chi connectivity index (χ0) is 15.1. The van der Waals surface area contributed by atoms with Crippen molar-refractivity contribution < 1.29 is 14.3 Å². The molecule has 0 spiro atoms. The smallest absolute Gasteiger partial charge is 0.262 e. The lowest BCUT2D eigenvalue weighted by Gasteiger charge is -2.20. The van der Waals surface area contributed by atoms with Gasteiger partial charge in [-0.3, -0.25) is 4.79 Å². The van der Waals surface area contributed by atoms with Crippen molar-refractivity contribution in [3.05, 3.63) is 23.8 Å². The minimum absolute atomic E-state index is 0.0674. The standard InChI is InChI=1S/C15H24N2O3/c1-6-16-10-12-7-8-13(19-5)9-14(12)20-11(2)15(18)17(3)4/h7-9,11,16H,6,10H2,1-5H3. The van der Waals surface area contributed by atoms with E-state index in [9.17, 15) is 4.79 Å². The van der Waals surface area contributed by atoms with Gasteiger partial charge in [0.05, 0.1) is 7.11 Å². The Balaban J connectivity index is 2.91. The lowest BCUT2D eigenvalue weighted by atomic mass is 10.2. The summed E-state index contributed by atoms with van der Waals surface area (Å²) in [5.41, 5.74) is 1.01. The lowest BCUT2D eigenvalue weighted by Crippen LogP contribution is -2.35. The molecule has 0 saturated heterocycles. The van der Waals surface area contributed by atoms with Crippen molar-refractivity contribution in [2.45, 2.75) is 26.5 Å². The summed E-state index contributed by atoms with van der Waals surface area (Å²) in [4.78, 5) is 13.4. The second kappa shape index (κ2) is 7.75. The highest BCUT2D eigenvalue weighted by molar-refractivity contribution is 5.80. The van der Waals surface area contributed by atoms with Crippen molar-refractivity contribution in [3.8, 4) is 11.5 Å². The number of hydrogen-bond donors (Lipinski definition) is 1.